The molecule has 1 heterocycles. The summed E-state index contributed by atoms with van der Waals surface area (Å²) < 4.78 is 13.4. The summed E-state index contributed by atoms with van der Waals surface area (Å²) in [6.07, 6.45) is 0. The third kappa shape index (κ3) is 5.94. The van der Waals surface area contributed by atoms with Gasteiger partial charge < -0.3 is 20.1 Å². The van der Waals surface area contributed by atoms with Crippen LogP contribution in [0.15, 0.2) is 78.9 Å². The predicted octanol–water partition coefficient (Wildman–Crippen LogP) is 6.55. The molecule has 0 saturated carbocycles. The third-order valence-electron chi connectivity index (χ3n) is 5.25. The van der Waals surface area contributed by atoms with E-state index >= 15 is 0 Å². The van der Waals surface area contributed by atoms with Gasteiger partial charge in [-0.25, -0.2) is 0 Å². The summed E-state index contributed by atoms with van der Waals surface area (Å²) in [5.74, 6) is 2.44. The molecule has 2 N–H and O–H groups in total. The second kappa shape index (κ2) is 10.9. The monoisotopic (exact) mass is 472 g/mol. The highest BCUT2D eigenvalue weighted by molar-refractivity contribution is 7.80. The number of nitrogens with one attached hydrogen (secondary N) is 2. The molecule has 1 aromatic heterocycles. The first-order valence-electron chi connectivity index (χ1n) is 11.2. The third-order valence-corrected chi connectivity index (χ3v) is 5.46. The van der Waals surface area contributed by atoms with Gasteiger partial charge in [-0.2, -0.15) is 5.10 Å². The van der Waals surface area contributed by atoms with Gasteiger partial charge >= 0.3 is 0 Å². The lowest BCUT2D eigenvalue weighted by Gasteiger charge is -2.12. The average molecular weight is 473 g/mol. The quantitative estimate of drug-likeness (QED) is 0.284. The molecule has 4 rings (SSSR count). The lowest BCUT2D eigenvalue weighted by Crippen LogP contribution is -2.20. The molecule has 0 bridgehead atoms. The number of aromatic nitrogens is 2. The van der Waals surface area contributed by atoms with Gasteiger partial charge in [0.05, 0.1) is 30.2 Å². The Hall–Kier alpha value is -3.84. The molecule has 0 fully saturated rings. The summed E-state index contributed by atoms with van der Waals surface area (Å²) in [7, 11) is 0. The van der Waals surface area contributed by atoms with Crippen LogP contribution in [0, 0.1) is 13.8 Å². The standard InChI is InChI=1S/C27H28N4O2S/c1-4-32-23-15-13-22(14-16-23)28-27(34)29-26-19(2)30-31(20(26)3)18-21-9-8-12-25(17-21)33-24-10-6-5-7-11-24/h5-17H,4,18H2,1-3H3,(H2,28,29,34). The number of anilines is 2. The first-order chi connectivity index (χ1) is 16.5. The minimum atomic E-state index is 0.508. The predicted molar refractivity (Wildman–Crippen MR) is 141 cm³/mol. The minimum absolute atomic E-state index is 0.508. The molecule has 0 radical (unpaired) electrons. The second-order valence-corrected chi connectivity index (χ2v) is 8.21. The number of aryl methyl sites for hydroxylation is 1. The van der Waals surface area contributed by atoms with Crippen molar-refractivity contribution in [1.82, 2.24) is 9.78 Å². The molecule has 6 nitrogen and oxygen atoms in total. The van der Waals surface area contributed by atoms with E-state index in [4.69, 9.17) is 26.8 Å². The molecule has 0 saturated heterocycles. The van der Waals surface area contributed by atoms with Crippen LogP contribution in [0.4, 0.5) is 11.4 Å². The lowest BCUT2D eigenvalue weighted by atomic mass is 10.2. The van der Waals surface area contributed by atoms with Crippen molar-refractivity contribution >= 4 is 28.7 Å². The summed E-state index contributed by atoms with van der Waals surface area (Å²) in [4.78, 5) is 0. The van der Waals surface area contributed by atoms with Crippen LogP contribution in [-0.4, -0.2) is 21.5 Å². The van der Waals surface area contributed by atoms with Crippen molar-refractivity contribution in [1.29, 1.82) is 0 Å². The van der Waals surface area contributed by atoms with E-state index in [1.54, 1.807) is 0 Å². The van der Waals surface area contributed by atoms with Gasteiger partial charge in [0.2, 0.25) is 0 Å². The number of nitrogens with zero attached hydrogens (tertiary/aromatic N) is 2. The maximum absolute atomic E-state index is 5.97. The summed E-state index contributed by atoms with van der Waals surface area (Å²) >= 11 is 5.53. The molecule has 0 aliphatic carbocycles. The molecule has 4 aromatic rings. The first kappa shape index (κ1) is 23.3. The zero-order valence-electron chi connectivity index (χ0n) is 19.5. The Kier molecular flexibility index (Phi) is 7.44. The molecule has 0 spiro atoms. The Morgan fingerprint density at radius 1 is 0.882 bits per heavy atom. The van der Waals surface area contributed by atoms with E-state index < -0.39 is 0 Å². The first-order valence-corrected chi connectivity index (χ1v) is 11.6. The van der Waals surface area contributed by atoms with E-state index in [0.29, 0.717) is 18.3 Å². The summed E-state index contributed by atoms with van der Waals surface area (Å²) in [5, 5.41) is 11.7. The summed E-state index contributed by atoms with van der Waals surface area (Å²) in [6, 6.07) is 25.5. The maximum atomic E-state index is 5.97. The lowest BCUT2D eigenvalue weighted by molar-refractivity contribution is 0.340. The molecule has 0 amide bonds. The Bertz CT molecular complexity index is 1250. The Balaban J connectivity index is 1.42. The van der Waals surface area contributed by atoms with Crippen molar-refractivity contribution in [2.24, 2.45) is 0 Å². The van der Waals surface area contributed by atoms with Gasteiger partial charge in [0, 0.05) is 5.69 Å². The number of rotatable bonds is 8. The van der Waals surface area contributed by atoms with Gasteiger partial charge in [-0.1, -0.05) is 30.3 Å². The van der Waals surface area contributed by atoms with Crippen molar-refractivity contribution in [3.05, 3.63) is 95.8 Å². The molecular weight excluding hydrogens is 444 g/mol. The van der Waals surface area contributed by atoms with E-state index in [0.717, 1.165) is 45.6 Å². The van der Waals surface area contributed by atoms with Gasteiger partial charge in [-0.05, 0) is 87.1 Å². The van der Waals surface area contributed by atoms with Crippen molar-refractivity contribution in [2.45, 2.75) is 27.3 Å². The fraction of sp³-hybridized carbons (Fsp3) is 0.185. The van der Waals surface area contributed by atoms with Crippen LogP contribution in [0.1, 0.15) is 23.9 Å². The molecule has 0 aliphatic heterocycles. The molecule has 0 atom stereocenters. The van der Waals surface area contributed by atoms with Crippen molar-refractivity contribution in [3.8, 4) is 17.2 Å². The molecule has 174 valence electrons. The molecule has 7 heteroatoms. The van der Waals surface area contributed by atoms with Crippen LogP contribution in [0.25, 0.3) is 0 Å². The number of thiocarbonyl (C=S) groups is 1. The normalized spacial score (nSPS) is 10.6. The van der Waals surface area contributed by atoms with Gasteiger partial charge in [-0.15, -0.1) is 0 Å². The Morgan fingerprint density at radius 2 is 1.62 bits per heavy atom. The van der Waals surface area contributed by atoms with E-state index in [9.17, 15) is 0 Å². The van der Waals surface area contributed by atoms with Crippen LogP contribution in [0.2, 0.25) is 0 Å². The Labute approximate surface area is 205 Å². The SMILES string of the molecule is CCOc1ccc(NC(=S)Nc2c(C)nn(Cc3cccc(Oc4ccccc4)c3)c2C)cc1. The van der Waals surface area contributed by atoms with Crippen molar-refractivity contribution in [3.63, 3.8) is 0 Å². The van der Waals surface area contributed by atoms with Crippen LogP contribution in [-0.2, 0) is 6.54 Å². The number of ether oxygens (including phenoxy) is 2. The van der Waals surface area contributed by atoms with Gasteiger partial charge in [-0.3, -0.25) is 4.68 Å². The molecule has 34 heavy (non-hydrogen) atoms. The average Bonchev–Trinajstić information content (AvgIpc) is 3.08. The molecular formula is C27H28N4O2S. The second-order valence-electron chi connectivity index (χ2n) is 7.80. The highest BCUT2D eigenvalue weighted by Gasteiger charge is 2.13. The van der Waals surface area contributed by atoms with Crippen LogP contribution < -0.4 is 20.1 Å². The van der Waals surface area contributed by atoms with Crippen LogP contribution in [0.3, 0.4) is 0 Å². The van der Waals surface area contributed by atoms with Crippen molar-refractivity contribution < 1.29 is 9.47 Å². The zero-order chi connectivity index (χ0) is 23.9. The smallest absolute Gasteiger partial charge is 0.175 e. The van der Waals surface area contributed by atoms with Crippen LogP contribution in [0.5, 0.6) is 17.2 Å². The van der Waals surface area contributed by atoms with Crippen LogP contribution >= 0.6 is 12.2 Å². The Morgan fingerprint density at radius 3 is 2.35 bits per heavy atom. The summed E-state index contributed by atoms with van der Waals surface area (Å²) in [6.45, 7) is 7.23. The highest BCUT2D eigenvalue weighted by atomic mass is 32.1. The largest absolute Gasteiger partial charge is 0.494 e. The number of hydrogen-bond donors (Lipinski definition) is 2. The minimum Gasteiger partial charge on any atom is -0.494 e. The van der Waals surface area contributed by atoms with E-state index in [1.807, 2.05) is 98.2 Å². The maximum Gasteiger partial charge on any atom is 0.175 e. The zero-order valence-corrected chi connectivity index (χ0v) is 20.4. The molecule has 0 unspecified atom stereocenters. The highest BCUT2D eigenvalue weighted by Crippen LogP contribution is 2.25. The number of para-hydroxylation sites is 1. The van der Waals surface area contributed by atoms with Gasteiger partial charge in [0.15, 0.2) is 5.11 Å². The van der Waals surface area contributed by atoms with E-state index in [2.05, 4.69) is 16.7 Å². The van der Waals surface area contributed by atoms with Crippen molar-refractivity contribution in [2.75, 3.05) is 17.2 Å². The van der Waals surface area contributed by atoms with Gasteiger partial charge in [0.1, 0.15) is 17.2 Å². The number of hydrogen-bond acceptors (Lipinski definition) is 4. The fourth-order valence-corrected chi connectivity index (χ4v) is 3.83. The molecule has 0 aliphatic rings. The molecule has 3 aromatic carbocycles. The van der Waals surface area contributed by atoms with Gasteiger partial charge in [0.25, 0.3) is 0 Å². The van der Waals surface area contributed by atoms with E-state index in [1.165, 1.54) is 0 Å². The topological polar surface area (TPSA) is 60.3 Å². The summed E-state index contributed by atoms with van der Waals surface area (Å²) in [5.41, 5.74) is 4.77. The fourth-order valence-electron chi connectivity index (χ4n) is 3.61. The van der Waals surface area contributed by atoms with E-state index in [-0.39, 0.29) is 0 Å². The number of benzene rings is 3.